The summed E-state index contributed by atoms with van der Waals surface area (Å²) in [5, 5.41) is 7.37. The van der Waals surface area contributed by atoms with Crippen LogP contribution < -0.4 is 5.73 Å². The molecule has 3 N–H and O–H groups in total. The lowest BCUT2D eigenvalue weighted by Crippen LogP contribution is -2.28. The summed E-state index contributed by atoms with van der Waals surface area (Å²) >= 11 is 0. The van der Waals surface area contributed by atoms with E-state index in [9.17, 15) is 0 Å². The summed E-state index contributed by atoms with van der Waals surface area (Å²) in [6.45, 7) is 0.654. The SMILES string of the molecule is Cl.N=C(N)C1OCCc2ccccc21. The molecule has 0 saturated heterocycles. The molecule has 1 atom stereocenters. The molecule has 76 valence electrons. The minimum absolute atomic E-state index is 0. The topological polar surface area (TPSA) is 59.1 Å². The van der Waals surface area contributed by atoms with E-state index in [1.165, 1.54) is 5.56 Å². The number of amidine groups is 1. The molecule has 0 radical (unpaired) electrons. The number of hydrogen-bond donors (Lipinski definition) is 2. The molecule has 1 unspecified atom stereocenters. The maximum absolute atomic E-state index is 7.37. The van der Waals surface area contributed by atoms with Crippen molar-refractivity contribution in [2.45, 2.75) is 12.5 Å². The number of halogens is 1. The van der Waals surface area contributed by atoms with Crippen LogP contribution in [0.15, 0.2) is 24.3 Å². The summed E-state index contributed by atoms with van der Waals surface area (Å²) in [6, 6.07) is 7.99. The van der Waals surface area contributed by atoms with Gasteiger partial charge in [0.1, 0.15) is 11.9 Å². The van der Waals surface area contributed by atoms with E-state index < -0.39 is 0 Å². The molecule has 14 heavy (non-hydrogen) atoms. The van der Waals surface area contributed by atoms with E-state index in [4.69, 9.17) is 15.9 Å². The van der Waals surface area contributed by atoms with Crippen LogP contribution in [-0.4, -0.2) is 12.4 Å². The molecule has 1 aromatic rings. The van der Waals surface area contributed by atoms with Crippen LogP contribution in [0.5, 0.6) is 0 Å². The van der Waals surface area contributed by atoms with Crippen LogP contribution in [0.1, 0.15) is 17.2 Å². The van der Waals surface area contributed by atoms with Crippen LogP contribution in [0.3, 0.4) is 0 Å². The smallest absolute Gasteiger partial charge is 0.139 e. The summed E-state index contributed by atoms with van der Waals surface area (Å²) in [7, 11) is 0. The van der Waals surface area contributed by atoms with Gasteiger partial charge in [0.25, 0.3) is 0 Å². The minimum atomic E-state index is -0.329. The van der Waals surface area contributed by atoms with E-state index in [0.29, 0.717) is 6.61 Å². The summed E-state index contributed by atoms with van der Waals surface area (Å²) in [4.78, 5) is 0. The molecule has 3 nitrogen and oxygen atoms in total. The molecule has 1 aromatic carbocycles. The third-order valence-corrected chi connectivity index (χ3v) is 2.28. The van der Waals surface area contributed by atoms with Gasteiger partial charge in [-0.05, 0) is 17.5 Å². The second-order valence-corrected chi connectivity index (χ2v) is 3.15. The monoisotopic (exact) mass is 212 g/mol. The number of benzene rings is 1. The van der Waals surface area contributed by atoms with E-state index in [-0.39, 0.29) is 24.3 Å². The van der Waals surface area contributed by atoms with Crippen molar-refractivity contribution in [1.29, 1.82) is 5.41 Å². The fourth-order valence-electron chi connectivity index (χ4n) is 1.65. The molecule has 0 aliphatic carbocycles. The van der Waals surface area contributed by atoms with E-state index in [2.05, 4.69) is 6.07 Å². The van der Waals surface area contributed by atoms with Crippen molar-refractivity contribution in [3.05, 3.63) is 35.4 Å². The van der Waals surface area contributed by atoms with Crippen LogP contribution in [0.2, 0.25) is 0 Å². The van der Waals surface area contributed by atoms with Gasteiger partial charge in [0.05, 0.1) is 6.61 Å². The molecule has 1 aliphatic heterocycles. The zero-order valence-corrected chi connectivity index (χ0v) is 8.51. The Labute approximate surface area is 89.2 Å². The highest BCUT2D eigenvalue weighted by Crippen LogP contribution is 2.26. The fourth-order valence-corrected chi connectivity index (χ4v) is 1.65. The lowest BCUT2D eigenvalue weighted by atomic mass is 9.97. The van der Waals surface area contributed by atoms with Gasteiger partial charge in [-0.15, -0.1) is 12.4 Å². The third kappa shape index (κ3) is 1.89. The van der Waals surface area contributed by atoms with Crippen molar-refractivity contribution in [3.63, 3.8) is 0 Å². The van der Waals surface area contributed by atoms with Crippen LogP contribution in [-0.2, 0) is 11.2 Å². The van der Waals surface area contributed by atoms with Crippen molar-refractivity contribution in [1.82, 2.24) is 0 Å². The van der Waals surface area contributed by atoms with E-state index in [0.717, 1.165) is 12.0 Å². The maximum Gasteiger partial charge on any atom is 0.139 e. The first-order valence-electron chi connectivity index (χ1n) is 4.32. The molecule has 0 spiro atoms. The lowest BCUT2D eigenvalue weighted by Gasteiger charge is -2.24. The Hall–Kier alpha value is -1.06. The highest BCUT2D eigenvalue weighted by Gasteiger charge is 2.22. The highest BCUT2D eigenvalue weighted by atomic mass is 35.5. The van der Waals surface area contributed by atoms with Gasteiger partial charge in [-0.2, -0.15) is 0 Å². The van der Waals surface area contributed by atoms with Crippen LogP contribution >= 0.6 is 12.4 Å². The average molecular weight is 213 g/mol. The quantitative estimate of drug-likeness (QED) is 0.550. The van der Waals surface area contributed by atoms with Gasteiger partial charge in [0.2, 0.25) is 0 Å². The number of rotatable bonds is 1. The van der Waals surface area contributed by atoms with Crippen molar-refractivity contribution in [3.8, 4) is 0 Å². The Morgan fingerprint density at radius 1 is 1.43 bits per heavy atom. The Balaban J connectivity index is 0.000000980. The molecule has 0 aromatic heterocycles. The molecule has 0 amide bonds. The first-order chi connectivity index (χ1) is 6.29. The van der Waals surface area contributed by atoms with Crippen LogP contribution in [0.4, 0.5) is 0 Å². The van der Waals surface area contributed by atoms with E-state index >= 15 is 0 Å². The summed E-state index contributed by atoms with van der Waals surface area (Å²) in [6.07, 6.45) is 0.588. The molecule has 2 rings (SSSR count). The van der Waals surface area contributed by atoms with E-state index in [1.807, 2.05) is 18.2 Å². The molecule has 0 saturated carbocycles. The van der Waals surface area contributed by atoms with Crippen LogP contribution in [0, 0.1) is 5.41 Å². The van der Waals surface area contributed by atoms with Crippen molar-refractivity contribution < 1.29 is 4.74 Å². The van der Waals surface area contributed by atoms with Crippen molar-refractivity contribution in [2.24, 2.45) is 5.73 Å². The normalized spacial score (nSPS) is 19.3. The largest absolute Gasteiger partial charge is 0.385 e. The second kappa shape index (κ2) is 4.44. The first-order valence-corrected chi connectivity index (χ1v) is 4.32. The standard InChI is InChI=1S/C10H12N2O.ClH/c11-10(12)9-8-4-2-1-3-7(8)5-6-13-9;/h1-4,9H,5-6H2,(H3,11,12);1H. The zero-order chi connectivity index (χ0) is 9.26. The average Bonchev–Trinajstić information content (AvgIpc) is 2.17. The third-order valence-electron chi connectivity index (χ3n) is 2.28. The van der Waals surface area contributed by atoms with Gasteiger partial charge >= 0.3 is 0 Å². The molecule has 1 heterocycles. The summed E-state index contributed by atoms with van der Waals surface area (Å²) < 4.78 is 5.42. The van der Waals surface area contributed by atoms with Gasteiger partial charge in [-0.3, -0.25) is 5.41 Å². The highest BCUT2D eigenvalue weighted by molar-refractivity contribution is 5.85. The fraction of sp³-hybridized carbons (Fsp3) is 0.300. The number of nitrogens with two attached hydrogens (primary N) is 1. The summed E-state index contributed by atoms with van der Waals surface area (Å²) in [5.41, 5.74) is 7.73. The first kappa shape index (κ1) is 11.0. The van der Waals surface area contributed by atoms with Gasteiger partial charge in [-0.1, -0.05) is 24.3 Å². The number of hydrogen-bond acceptors (Lipinski definition) is 2. The Kier molecular flexibility index (Phi) is 3.49. The van der Waals surface area contributed by atoms with E-state index in [1.54, 1.807) is 0 Å². The number of ether oxygens (including phenoxy) is 1. The zero-order valence-electron chi connectivity index (χ0n) is 7.69. The Bertz CT molecular complexity index is 341. The second-order valence-electron chi connectivity index (χ2n) is 3.15. The predicted molar refractivity (Wildman–Crippen MR) is 58.0 cm³/mol. The van der Waals surface area contributed by atoms with Gasteiger partial charge < -0.3 is 10.5 Å². The number of fused-ring (bicyclic) bond motifs is 1. The van der Waals surface area contributed by atoms with Gasteiger partial charge in [0, 0.05) is 0 Å². The predicted octanol–water partition coefficient (Wildman–Crippen LogP) is 1.66. The maximum atomic E-state index is 7.37. The van der Waals surface area contributed by atoms with Gasteiger partial charge in [0.15, 0.2) is 0 Å². The van der Waals surface area contributed by atoms with Crippen molar-refractivity contribution in [2.75, 3.05) is 6.61 Å². The summed E-state index contributed by atoms with van der Waals surface area (Å²) in [5.74, 6) is 0.0900. The van der Waals surface area contributed by atoms with Crippen LogP contribution in [0.25, 0.3) is 0 Å². The molecular weight excluding hydrogens is 200 g/mol. The lowest BCUT2D eigenvalue weighted by molar-refractivity contribution is 0.0864. The molecule has 1 aliphatic rings. The number of nitrogens with one attached hydrogen (secondary N) is 1. The molecule has 0 bridgehead atoms. The minimum Gasteiger partial charge on any atom is -0.385 e. The van der Waals surface area contributed by atoms with Crippen molar-refractivity contribution >= 4 is 18.2 Å². The van der Waals surface area contributed by atoms with Gasteiger partial charge in [-0.25, -0.2) is 0 Å². The Morgan fingerprint density at radius 2 is 2.14 bits per heavy atom. The molecule has 0 fully saturated rings. The Morgan fingerprint density at radius 3 is 2.86 bits per heavy atom. The molecule has 4 heteroatoms. The molecular formula is C10H13ClN2O.